The first-order valence-corrected chi connectivity index (χ1v) is 9.40. The van der Waals surface area contributed by atoms with Crippen molar-refractivity contribution >= 4 is 5.69 Å². The van der Waals surface area contributed by atoms with Gasteiger partial charge in [0.15, 0.2) is 0 Å². The van der Waals surface area contributed by atoms with E-state index in [-0.39, 0.29) is 5.82 Å². The van der Waals surface area contributed by atoms with Gasteiger partial charge in [-0.1, -0.05) is 25.0 Å². The van der Waals surface area contributed by atoms with Gasteiger partial charge in [-0.15, -0.1) is 6.58 Å². The summed E-state index contributed by atoms with van der Waals surface area (Å²) in [7, 11) is 0. The molecule has 25 heavy (non-hydrogen) atoms. The lowest BCUT2D eigenvalue weighted by molar-refractivity contribution is 0.215. The van der Waals surface area contributed by atoms with Crippen LogP contribution in [-0.4, -0.2) is 19.7 Å². The van der Waals surface area contributed by atoms with Gasteiger partial charge in [-0.2, -0.15) is 0 Å². The van der Waals surface area contributed by atoms with Gasteiger partial charge in [0.1, 0.15) is 11.6 Å². The normalized spacial score (nSPS) is 13.4. The second kappa shape index (κ2) is 11.5. The minimum Gasteiger partial charge on any atom is -0.494 e. The van der Waals surface area contributed by atoms with Crippen molar-refractivity contribution in [2.45, 2.75) is 44.9 Å². The highest BCUT2D eigenvalue weighted by Gasteiger charge is 2.06. The first-order chi connectivity index (χ1) is 12.3. The molecular formula is C22H30FNO. The van der Waals surface area contributed by atoms with Crippen LogP contribution in [0, 0.1) is 5.82 Å². The van der Waals surface area contributed by atoms with Crippen molar-refractivity contribution < 1.29 is 9.13 Å². The van der Waals surface area contributed by atoms with Crippen LogP contribution in [0.3, 0.4) is 0 Å². The van der Waals surface area contributed by atoms with E-state index in [9.17, 15) is 4.39 Å². The molecule has 0 spiro atoms. The molecule has 0 N–H and O–H groups in total. The summed E-state index contributed by atoms with van der Waals surface area (Å²) in [5, 5.41) is 0. The molecule has 0 aliphatic heterocycles. The SMILES string of the molecule is C=CCCN(CCCCCCOC1=CCCC=C1)c1ccc(F)cc1. The van der Waals surface area contributed by atoms with Gasteiger partial charge in [0.05, 0.1) is 6.61 Å². The number of halogens is 1. The minimum absolute atomic E-state index is 0.185. The standard InChI is InChI=1S/C22H30FNO/c1-2-3-17-24(21-15-13-20(23)14-16-21)18-9-4-5-10-19-25-22-11-7-6-8-12-22/h2,7,11-16H,1,3-6,8-10,17-19H2. The lowest BCUT2D eigenvalue weighted by atomic mass is 10.1. The molecule has 0 fully saturated rings. The van der Waals surface area contributed by atoms with E-state index in [1.165, 1.54) is 25.0 Å². The zero-order chi connectivity index (χ0) is 17.7. The van der Waals surface area contributed by atoms with Crippen molar-refractivity contribution in [1.29, 1.82) is 0 Å². The maximum absolute atomic E-state index is 13.1. The van der Waals surface area contributed by atoms with E-state index in [0.717, 1.165) is 63.2 Å². The Bertz CT molecular complexity index is 562. The zero-order valence-electron chi connectivity index (χ0n) is 15.1. The third-order valence-corrected chi connectivity index (χ3v) is 4.35. The molecule has 0 heterocycles. The zero-order valence-corrected chi connectivity index (χ0v) is 15.1. The van der Waals surface area contributed by atoms with Crippen LogP contribution < -0.4 is 4.90 Å². The van der Waals surface area contributed by atoms with E-state index >= 15 is 0 Å². The summed E-state index contributed by atoms with van der Waals surface area (Å²) in [5.41, 5.74) is 1.09. The molecule has 2 nitrogen and oxygen atoms in total. The van der Waals surface area contributed by atoms with Crippen molar-refractivity contribution in [2.24, 2.45) is 0 Å². The summed E-state index contributed by atoms with van der Waals surface area (Å²) >= 11 is 0. The van der Waals surface area contributed by atoms with Gasteiger partial charge in [-0.25, -0.2) is 4.39 Å². The number of hydrogen-bond acceptors (Lipinski definition) is 2. The first kappa shape index (κ1) is 19.3. The van der Waals surface area contributed by atoms with Crippen LogP contribution in [-0.2, 0) is 4.74 Å². The molecule has 1 aromatic carbocycles. The summed E-state index contributed by atoms with van der Waals surface area (Å²) in [6.45, 7) is 6.52. The van der Waals surface area contributed by atoms with E-state index in [4.69, 9.17) is 4.74 Å². The molecule has 0 saturated carbocycles. The van der Waals surface area contributed by atoms with Crippen LogP contribution in [0.2, 0.25) is 0 Å². The fraction of sp³-hybridized carbons (Fsp3) is 0.455. The number of ether oxygens (including phenoxy) is 1. The number of allylic oxidation sites excluding steroid dienone is 3. The molecule has 1 aliphatic rings. The fourth-order valence-corrected chi connectivity index (χ4v) is 2.91. The molecular weight excluding hydrogens is 313 g/mol. The maximum Gasteiger partial charge on any atom is 0.123 e. The van der Waals surface area contributed by atoms with E-state index in [1.807, 2.05) is 18.2 Å². The summed E-state index contributed by atoms with van der Waals surface area (Å²) in [6.07, 6.45) is 16.1. The minimum atomic E-state index is -0.185. The van der Waals surface area contributed by atoms with Crippen molar-refractivity contribution in [3.05, 3.63) is 66.7 Å². The largest absolute Gasteiger partial charge is 0.494 e. The van der Waals surface area contributed by atoms with Gasteiger partial charge in [0.2, 0.25) is 0 Å². The number of unbranched alkanes of at least 4 members (excludes halogenated alkanes) is 3. The highest BCUT2D eigenvalue weighted by Crippen LogP contribution is 2.17. The molecule has 2 rings (SSSR count). The highest BCUT2D eigenvalue weighted by molar-refractivity contribution is 5.46. The highest BCUT2D eigenvalue weighted by atomic mass is 19.1. The van der Waals surface area contributed by atoms with Gasteiger partial charge < -0.3 is 9.64 Å². The molecule has 136 valence electrons. The van der Waals surface area contributed by atoms with E-state index in [1.54, 1.807) is 0 Å². The Kier molecular flexibility index (Phi) is 8.89. The molecule has 0 atom stereocenters. The Morgan fingerprint density at radius 1 is 1.04 bits per heavy atom. The average Bonchev–Trinajstić information content (AvgIpc) is 2.65. The van der Waals surface area contributed by atoms with Gasteiger partial charge in [0.25, 0.3) is 0 Å². The van der Waals surface area contributed by atoms with Crippen molar-refractivity contribution in [3.63, 3.8) is 0 Å². The molecule has 1 aromatic rings. The summed E-state index contributed by atoms with van der Waals surface area (Å²) < 4.78 is 18.9. The second-order valence-corrected chi connectivity index (χ2v) is 6.39. The maximum atomic E-state index is 13.1. The van der Waals surface area contributed by atoms with E-state index < -0.39 is 0 Å². The lowest BCUT2D eigenvalue weighted by Crippen LogP contribution is -2.25. The van der Waals surface area contributed by atoms with E-state index in [2.05, 4.69) is 29.7 Å². The molecule has 0 aromatic heterocycles. The average molecular weight is 343 g/mol. The van der Waals surface area contributed by atoms with Crippen molar-refractivity contribution in [3.8, 4) is 0 Å². The van der Waals surface area contributed by atoms with Crippen molar-refractivity contribution in [1.82, 2.24) is 0 Å². The number of benzene rings is 1. The number of anilines is 1. The lowest BCUT2D eigenvalue weighted by Gasteiger charge is -2.24. The molecule has 0 bridgehead atoms. The molecule has 0 unspecified atom stereocenters. The predicted molar refractivity (Wildman–Crippen MR) is 104 cm³/mol. The second-order valence-electron chi connectivity index (χ2n) is 6.39. The Labute approximate surface area is 151 Å². The quantitative estimate of drug-likeness (QED) is 0.340. The van der Waals surface area contributed by atoms with Crippen LogP contribution in [0.5, 0.6) is 0 Å². The Morgan fingerprint density at radius 3 is 2.56 bits per heavy atom. The monoisotopic (exact) mass is 343 g/mol. The van der Waals surface area contributed by atoms with Gasteiger partial charge in [0, 0.05) is 18.8 Å². The molecule has 0 saturated heterocycles. The van der Waals surface area contributed by atoms with Gasteiger partial charge >= 0.3 is 0 Å². The predicted octanol–water partition coefficient (Wildman–Crippen LogP) is 6.02. The Morgan fingerprint density at radius 2 is 1.84 bits per heavy atom. The fourth-order valence-electron chi connectivity index (χ4n) is 2.91. The number of hydrogen-bond donors (Lipinski definition) is 0. The Balaban J connectivity index is 1.63. The van der Waals surface area contributed by atoms with Gasteiger partial charge in [-0.3, -0.25) is 0 Å². The van der Waals surface area contributed by atoms with Crippen LogP contribution in [0.15, 0.2) is 60.9 Å². The first-order valence-electron chi connectivity index (χ1n) is 9.40. The number of rotatable bonds is 12. The van der Waals surface area contributed by atoms with Crippen LogP contribution in [0.1, 0.15) is 44.9 Å². The van der Waals surface area contributed by atoms with Gasteiger partial charge in [-0.05, 0) is 68.5 Å². The van der Waals surface area contributed by atoms with Crippen LogP contribution in [0.4, 0.5) is 10.1 Å². The molecule has 0 amide bonds. The summed E-state index contributed by atoms with van der Waals surface area (Å²) in [5.74, 6) is 0.841. The molecule has 0 radical (unpaired) electrons. The summed E-state index contributed by atoms with van der Waals surface area (Å²) in [6, 6.07) is 6.78. The van der Waals surface area contributed by atoms with Crippen LogP contribution in [0.25, 0.3) is 0 Å². The van der Waals surface area contributed by atoms with E-state index in [0.29, 0.717) is 0 Å². The third-order valence-electron chi connectivity index (χ3n) is 4.35. The molecule has 3 heteroatoms. The third kappa shape index (κ3) is 7.59. The number of nitrogens with zero attached hydrogens (tertiary/aromatic N) is 1. The van der Waals surface area contributed by atoms with Crippen molar-refractivity contribution in [2.75, 3.05) is 24.6 Å². The topological polar surface area (TPSA) is 12.5 Å². The Hall–Kier alpha value is -2.03. The molecule has 1 aliphatic carbocycles. The summed E-state index contributed by atoms with van der Waals surface area (Å²) in [4.78, 5) is 2.31. The smallest absolute Gasteiger partial charge is 0.123 e. The van der Waals surface area contributed by atoms with Crippen LogP contribution >= 0.6 is 0 Å².